The Balaban J connectivity index is 1.83. The van der Waals surface area contributed by atoms with Crippen LogP contribution in [0.25, 0.3) is 5.65 Å². The zero-order chi connectivity index (χ0) is 13.2. The number of nitrogens with zero attached hydrogens (tertiary/aromatic N) is 3. The lowest BCUT2D eigenvalue weighted by Gasteiger charge is -2.30. The molecule has 0 aliphatic carbocycles. The van der Waals surface area contributed by atoms with Crippen LogP contribution in [-0.4, -0.2) is 40.2 Å². The molecule has 2 aromatic rings. The summed E-state index contributed by atoms with van der Waals surface area (Å²) in [5.74, 6) is 0.558. The fourth-order valence-corrected chi connectivity index (χ4v) is 2.84. The van der Waals surface area contributed by atoms with Crippen molar-refractivity contribution in [2.24, 2.45) is 0 Å². The summed E-state index contributed by atoms with van der Waals surface area (Å²) in [7, 11) is 0. The summed E-state index contributed by atoms with van der Waals surface area (Å²) in [6.07, 6.45) is 7.16. The number of fused-ring (bicyclic) bond motifs is 1. The summed E-state index contributed by atoms with van der Waals surface area (Å²) in [5.41, 5.74) is 2.79. The van der Waals surface area contributed by atoms with Crippen LogP contribution >= 0.6 is 0 Å². The number of hydrogen-bond acceptors (Lipinski definition) is 3. The molecule has 0 N–H and O–H groups in total. The van der Waals surface area contributed by atoms with Crippen molar-refractivity contribution in [3.05, 3.63) is 35.8 Å². The summed E-state index contributed by atoms with van der Waals surface area (Å²) in [4.78, 5) is 18.0. The van der Waals surface area contributed by atoms with Gasteiger partial charge in [0.2, 0.25) is 0 Å². The topological polar surface area (TPSA) is 37.6 Å². The van der Waals surface area contributed by atoms with Gasteiger partial charge in [-0.25, -0.2) is 4.98 Å². The van der Waals surface area contributed by atoms with Gasteiger partial charge in [-0.2, -0.15) is 0 Å². The van der Waals surface area contributed by atoms with Crippen molar-refractivity contribution in [3.8, 4) is 0 Å². The highest BCUT2D eigenvalue weighted by atomic mass is 16.1. The predicted octanol–water partition coefficient (Wildman–Crippen LogP) is 2.35. The van der Waals surface area contributed by atoms with Crippen molar-refractivity contribution in [2.75, 3.05) is 19.6 Å². The molecule has 0 bridgehead atoms. The second kappa shape index (κ2) is 5.13. The predicted molar refractivity (Wildman–Crippen MR) is 74.7 cm³/mol. The lowest BCUT2D eigenvalue weighted by Crippen LogP contribution is -2.32. The molecule has 100 valence electrons. The maximum absolute atomic E-state index is 10.8. The largest absolute Gasteiger partial charge is 0.306 e. The monoisotopic (exact) mass is 257 g/mol. The van der Waals surface area contributed by atoms with Gasteiger partial charge in [-0.05, 0) is 44.6 Å². The van der Waals surface area contributed by atoms with Gasteiger partial charge in [0.05, 0.1) is 5.69 Å². The standard InChI is InChI=1S/C15H19N3O/c1-2-17-7-5-13(6-8-17)14-10-18-9-12(11-19)3-4-15(18)16-14/h3-4,9-11,13H,2,5-8H2,1H3. The number of carbonyl (C=O) groups is 1. The minimum Gasteiger partial charge on any atom is -0.306 e. The van der Waals surface area contributed by atoms with E-state index in [1.807, 2.05) is 22.7 Å². The van der Waals surface area contributed by atoms with E-state index < -0.39 is 0 Å². The van der Waals surface area contributed by atoms with Gasteiger partial charge in [0.25, 0.3) is 0 Å². The first-order valence-electron chi connectivity index (χ1n) is 6.96. The van der Waals surface area contributed by atoms with Crippen LogP contribution in [0.2, 0.25) is 0 Å². The summed E-state index contributed by atoms with van der Waals surface area (Å²) in [6, 6.07) is 3.73. The molecular weight excluding hydrogens is 238 g/mol. The average Bonchev–Trinajstić information content (AvgIpc) is 2.90. The van der Waals surface area contributed by atoms with Crippen LogP contribution in [0.15, 0.2) is 24.5 Å². The zero-order valence-corrected chi connectivity index (χ0v) is 11.2. The molecule has 19 heavy (non-hydrogen) atoms. The van der Waals surface area contributed by atoms with E-state index in [4.69, 9.17) is 4.98 Å². The molecule has 1 saturated heterocycles. The van der Waals surface area contributed by atoms with Gasteiger partial charge in [0, 0.05) is 23.9 Å². The molecule has 4 heteroatoms. The van der Waals surface area contributed by atoms with Gasteiger partial charge in [-0.15, -0.1) is 0 Å². The van der Waals surface area contributed by atoms with Gasteiger partial charge < -0.3 is 9.30 Å². The normalized spacial score (nSPS) is 17.9. The van der Waals surface area contributed by atoms with E-state index in [1.54, 1.807) is 0 Å². The summed E-state index contributed by atoms with van der Waals surface area (Å²) >= 11 is 0. The maximum atomic E-state index is 10.8. The Morgan fingerprint density at radius 2 is 2.11 bits per heavy atom. The van der Waals surface area contributed by atoms with Crippen molar-refractivity contribution in [2.45, 2.75) is 25.7 Å². The maximum Gasteiger partial charge on any atom is 0.151 e. The molecule has 0 radical (unpaired) electrons. The summed E-state index contributed by atoms with van der Waals surface area (Å²) in [5, 5.41) is 0. The van der Waals surface area contributed by atoms with E-state index in [-0.39, 0.29) is 0 Å². The Morgan fingerprint density at radius 3 is 2.79 bits per heavy atom. The van der Waals surface area contributed by atoms with Gasteiger partial charge in [-0.1, -0.05) is 6.92 Å². The number of piperidine rings is 1. The Labute approximate surface area is 113 Å². The highest BCUT2D eigenvalue weighted by Crippen LogP contribution is 2.27. The molecule has 0 spiro atoms. The first-order valence-corrected chi connectivity index (χ1v) is 6.96. The van der Waals surface area contributed by atoms with Crippen molar-refractivity contribution < 1.29 is 4.79 Å². The van der Waals surface area contributed by atoms with Crippen LogP contribution in [0.3, 0.4) is 0 Å². The molecule has 0 atom stereocenters. The average molecular weight is 257 g/mol. The minimum atomic E-state index is 0.558. The molecule has 1 aliphatic rings. The third kappa shape index (κ3) is 2.40. The highest BCUT2D eigenvalue weighted by molar-refractivity contribution is 5.74. The molecule has 1 aliphatic heterocycles. The number of pyridine rings is 1. The van der Waals surface area contributed by atoms with Crippen LogP contribution in [0, 0.1) is 0 Å². The van der Waals surface area contributed by atoms with E-state index in [0.29, 0.717) is 11.5 Å². The smallest absolute Gasteiger partial charge is 0.151 e. The Bertz CT molecular complexity index is 582. The second-order valence-electron chi connectivity index (χ2n) is 5.22. The molecule has 3 rings (SSSR count). The molecule has 2 aromatic heterocycles. The molecule has 0 aromatic carbocycles. The number of rotatable bonds is 3. The van der Waals surface area contributed by atoms with Gasteiger partial charge in [0.15, 0.2) is 6.29 Å². The zero-order valence-electron chi connectivity index (χ0n) is 11.2. The molecule has 1 fully saturated rings. The van der Waals surface area contributed by atoms with Crippen molar-refractivity contribution in [3.63, 3.8) is 0 Å². The van der Waals surface area contributed by atoms with E-state index in [2.05, 4.69) is 18.0 Å². The van der Waals surface area contributed by atoms with Crippen molar-refractivity contribution in [1.29, 1.82) is 0 Å². The first-order chi connectivity index (χ1) is 9.30. The minimum absolute atomic E-state index is 0.558. The Hall–Kier alpha value is -1.68. The molecule has 0 unspecified atom stereocenters. The van der Waals surface area contributed by atoms with Crippen molar-refractivity contribution >= 4 is 11.9 Å². The lowest BCUT2D eigenvalue weighted by molar-refractivity contribution is 0.112. The van der Waals surface area contributed by atoms with E-state index in [1.165, 1.54) is 18.5 Å². The Morgan fingerprint density at radius 1 is 1.32 bits per heavy atom. The molecule has 0 amide bonds. The molecule has 3 heterocycles. The van der Waals surface area contributed by atoms with Gasteiger partial charge in [-0.3, -0.25) is 4.79 Å². The molecular formula is C15H19N3O. The Kier molecular flexibility index (Phi) is 3.34. The molecule has 0 saturated carbocycles. The van der Waals surface area contributed by atoms with Gasteiger partial charge >= 0.3 is 0 Å². The number of likely N-dealkylation sites (tertiary alicyclic amines) is 1. The fourth-order valence-electron chi connectivity index (χ4n) is 2.84. The van der Waals surface area contributed by atoms with E-state index in [0.717, 1.165) is 31.6 Å². The number of hydrogen-bond donors (Lipinski definition) is 0. The van der Waals surface area contributed by atoms with E-state index >= 15 is 0 Å². The molecule has 4 nitrogen and oxygen atoms in total. The van der Waals surface area contributed by atoms with Gasteiger partial charge in [0.1, 0.15) is 5.65 Å². The van der Waals surface area contributed by atoms with Crippen LogP contribution < -0.4 is 0 Å². The lowest BCUT2D eigenvalue weighted by atomic mass is 9.94. The fraction of sp³-hybridized carbons (Fsp3) is 0.467. The second-order valence-corrected chi connectivity index (χ2v) is 5.22. The SMILES string of the molecule is CCN1CCC(c2cn3cc(C=O)ccc3n2)CC1. The number of carbonyl (C=O) groups excluding carboxylic acids is 1. The van der Waals surface area contributed by atoms with E-state index in [9.17, 15) is 4.79 Å². The number of imidazole rings is 1. The highest BCUT2D eigenvalue weighted by Gasteiger charge is 2.21. The van der Waals surface area contributed by atoms with Crippen LogP contribution in [0.4, 0.5) is 0 Å². The van der Waals surface area contributed by atoms with Crippen LogP contribution in [-0.2, 0) is 0 Å². The summed E-state index contributed by atoms with van der Waals surface area (Å²) < 4.78 is 1.96. The summed E-state index contributed by atoms with van der Waals surface area (Å²) in [6.45, 7) is 5.68. The number of aromatic nitrogens is 2. The quantitative estimate of drug-likeness (QED) is 0.792. The van der Waals surface area contributed by atoms with Crippen molar-refractivity contribution in [1.82, 2.24) is 14.3 Å². The van der Waals surface area contributed by atoms with Crippen LogP contribution in [0.5, 0.6) is 0 Å². The van der Waals surface area contributed by atoms with Crippen LogP contribution in [0.1, 0.15) is 41.7 Å². The third-order valence-electron chi connectivity index (χ3n) is 4.08. The third-order valence-corrected chi connectivity index (χ3v) is 4.08. The number of aldehydes is 1. The first kappa shape index (κ1) is 12.4.